The highest BCUT2D eigenvalue weighted by Gasteiger charge is 2.07. The summed E-state index contributed by atoms with van der Waals surface area (Å²) in [6.07, 6.45) is 7.49. The summed E-state index contributed by atoms with van der Waals surface area (Å²) >= 11 is 0. The third-order valence-corrected chi connectivity index (χ3v) is 2.94. The van der Waals surface area contributed by atoms with Gasteiger partial charge in [-0.25, -0.2) is 9.78 Å². The van der Waals surface area contributed by atoms with Crippen LogP contribution >= 0.6 is 0 Å². The summed E-state index contributed by atoms with van der Waals surface area (Å²) in [5, 5.41) is 0. The monoisotopic (exact) mass is 277 g/mol. The van der Waals surface area contributed by atoms with Crippen molar-refractivity contribution in [1.82, 2.24) is 4.98 Å². The Labute approximate surface area is 120 Å². The molecule has 1 heterocycles. The molecule has 0 saturated carbocycles. The van der Waals surface area contributed by atoms with Gasteiger partial charge in [-0.05, 0) is 37.0 Å². The maximum absolute atomic E-state index is 11.6. The second-order valence-electron chi connectivity index (χ2n) is 4.47. The van der Waals surface area contributed by atoms with Crippen molar-refractivity contribution in [3.63, 3.8) is 0 Å². The number of carbonyl (C=O) groups excluding carboxylic acids is 1. The van der Waals surface area contributed by atoms with Crippen LogP contribution in [0.2, 0.25) is 0 Å². The summed E-state index contributed by atoms with van der Waals surface area (Å²) in [7, 11) is 1.58. The Morgan fingerprint density at radius 1 is 1.30 bits per heavy atom. The molecule has 0 N–H and O–H groups in total. The van der Waals surface area contributed by atoms with Crippen LogP contribution in [-0.2, 0) is 9.53 Å². The Morgan fingerprint density at radius 2 is 2.10 bits per heavy atom. The standard InChI is InChI=1S/C16H23NO3/c1-4-6-7-8-13(11-16(18)20-5-2)14-9-10-15(19-3)17-12-14/h9-12H,4-8H2,1-3H3. The first-order chi connectivity index (χ1) is 9.71. The van der Waals surface area contributed by atoms with Gasteiger partial charge in [-0.2, -0.15) is 0 Å². The zero-order valence-electron chi connectivity index (χ0n) is 12.5. The van der Waals surface area contributed by atoms with Crippen molar-refractivity contribution in [1.29, 1.82) is 0 Å². The molecule has 110 valence electrons. The number of unbranched alkanes of at least 4 members (excludes halogenated alkanes) is 2. The average molecular weight is 277 g/mol. The topological polar surface area (TPSA) is 48.4 Å². The minimum atomic E-state index is -0.296. The third kappa shape index (κ3) is 5.43. The SMILES string of the molecule is CCCCCC(=CC(=O)OCC)c1ccc(OC)nc1. The van der Waals surface area contributed by atoms with E-state index < -0.39 is 0 Å². The van der Waals surface area contributed by atoms with Gasteiger partial charge in [0.15, 0.2) is 0 Å². The molecule has 20 heavy (non-hydrogen) atoms. The first kappa shape index (κ1) is 16.2. The van der Waals surface area contributed by atoms with E-state index in [9.17, 15) is 4.79 Å². The first-order valence-corrected chi connectivity index (χ1v) is 7.09. The van der Waals surface area contributed by atoms with Crippen LogP contribution in [0.25, 0.3) is 5.57 Å². The van der Waals surface area contributed by atoms with Crippen LogP contribution in [0.3, 0.4) is 0 Å². The highest BCUT2D eigenvalue weighted by molar-refractivity contribution is 5.91. The number of methoxy groups -OCH3 is 1. The molecule has 0 amide bonds. The average Bonchev–Trinajstić information content (AvgIpc) is 2.47. The number of pyridine rings is 1. The number of hydrogen-bond acceptors (Lipinski definition) is 4. The highest BCUT2D eigenvalue weighted by atomic mass is 16.5. The van der Waals surface area contributed by atoms with Gasteiger partial charge in [-0.15, -0.1) is 0 Å². The molecule has 1 rings (SSSR count). The largest absolute Gasteiger partial charge is 0.481 e. The van der Waals surface area contributed by atoms with E-state index in [-0.39, 0.29) is 5.97 Å². The molecular weight excluding hydrogens is 254 g/mol. The zero-order chi connectivity index (χ0) is 14.8. The smallest absolute Gasteiger partial charge is 0.331 e. The maximum atomic E-state index is 11.6. The van der Waals surface area contributed by atoms with E-state index in [0.717, 1.165) is 36.8 Å². The molecule has 0 bridgehead atoms. The van der Waals surface area contributed by atoms with Crippen molar-refractivity contribution in [3.8, 4) is 5.88 Å². The lowest BCUT2D eigenvalue weighted by atomic mass is 10.0. The van der Waals surface area contributed by atoms with Crippen molar-refractivity contribution in [3.05, 3.63) is 30.0 Å². The molecule has 4 nitrogen and oxygen atoms in total. The lowest BCUT2D eigenvalue weighted by molar-refractivity contribution is -0.137. The van der Waals surface area contributed by atoms with E-state index in [1.807, 2.05) is 6.07 Å². The number of esters is 1. The number of rotatable bonds is 8. The quantitative estimate of drug-likeness (QED) is 0.414. The van der Waals surface area contributed by atoms with E-state index in [1.165, 1.54) is 0 Å². The molecule has 0 aliphatic heterocycles. The molecule has 0 aliphatic rings. The molecule has 0 aliphatic carbocycles. The molecule has 0 atom stereocenters. The fraction of sp³-hybridized carbons (Fsp3) is 0.500. The van der Waals surface area contributed by atoms with Gasteiger partial charge < -0.3 is 9.47 Å². The molecule has 1 aromatic rings. The van der Waals surface area contributed by atoms with Crippen molar-refractivity contribution < 1.29 is 14.3 Å². The highest BCUT2D eigenvalue weighted by Crippen LogP contribution is 2.22. The Morgan fingerprint density at radius 3 is 2.65 bits per heavy atom. The van der Waals surface area contributed by atoms with Gasteiger partial charge in [0.1, 0.15) is 0 Å². The second kappa shape index (κ2) is 9.13. The maximum Gasteiger partial charge on any atom is 0.331 e. The number of carbonyl (C=O) groups is 1. The number of hydrogen-bond donors (Lipinski definition) is 0. The van der Waals surface area contributed by atoms with E-state index in [4.69, 9.17) is 9.47 Å². The second-order valence-corrected chi connectivity index (χ2v) is 4.47. The van der Waals surface area contributed by atoms with Gasteiger partial charge in [-0.1, -0.05) is 19.8 Å². The predicted molar refractivity (Wildman–Crippen MR) is 79.5 cm³/mol. The first-order valence-electron chi connectivity index (χ1n) is 7.09. The number of ether oxygens (including phenoxy) is 2. The minimum Gasteiger partial charge on any atom is -0.481 e. The van der Waals surface area contributed by atoms with Crippen LogP contribution in [0.4, 0.5) is 0 Å². The molecular formula is C16H23NO3. The van der Waals surface area contributed by atoms with Crippen LogP contribution in [-0.4, -0.2) is 24.7 Å². The van der Waals surface area contributed by atoms with Crippen molar-refractivity contribution in [2.45, 2.75) is 39.5 Å². The zero-order valence-corrected chi connectivity index (χ0v) is 12.5. The van der Waals surface area contributed by atoms with E-state index >= 15 is 0 Å². The number of allylic oxidation sites excluding steroid dienone is 1. The minimum absolute atomic E-state index is 0.296. The van der Waals surface area contributed by atoms with Crippen LogP contribution in [0.15, 0.2) is 24.4 Å². The lowest BCUT2D eigenvalue weighted by Gasteiger charge is -2.08. The lowest BCUT2D eigenvalue weighted by Crippen LogP contribution is -2.01. The molecule has 4 heteroatoms. The fourth-order valence-corrected chi connectivity index (χ4v) is 1.88. The van der Waals surface area contributed by atoms with Crippen LogP contribution in [0.5, 0.6) is 5.88 Å². The van der Waals surface area contributed by atoms with Crippen LogP contribution < -0.4 is 4.74 Å². The van der Waals surface area contributed by atoms with Crippen LogP contribution in [0.1, 0.15) is 45.1 Å². The summed E-state index contributed by atoms with van der Waals surface area (Å²) in [6, 6.07) is 3.72. The van der Waals surface area contributed by atoms with E-state index in [0.29, 0.717) is 12.5 Å². The fourth-order valence-electron chi connectivity index (χ4n) is 1.88. The van der Waals surface area contributed by atoms with E-state index in [1.54, 1.807) is 32.4 Å². The molecule has 0 unspecified atom stereocenters. The summed E-state index contributed by atoms with van der Waals surface area (Å²) < 4.78 is 10.0. The Hall–Kier alpha value is -1.84. The molecule has 0 saturated heterocycles. The van der Waals surface area contributed by atoms with Gasteiger partial charge in [-0.3, -0.25) is 0 Å². The van der Waals surface area contributed by atoms with Crippen molar-refractivity contribution in [2.24, 2.45) is 0 Å². The normalized spacial score (nSPS) is 11.2. The summed E-state index contributed by atoms with van der Waals surface area (Å²) in [6.45, 7) is 4.35. The number of nitrogens with zero attached hydrogens (tertiary/aromatic N) is 1. The Balaban J connectivity index is 2.86. The van der Waals surface area contributed by atoms with Gasteiger partial charge in [0, 0.05) is 18.3 Å². The third-order valence-electron chi connectivity index (χ3n) is 2.94. The molecule has 1 aromatic heterocycles. The van der Waals surface area contributed by atoms with E-state index in [2.05, 4.69) is 11.9 Å². The Bertz CT molecular complexity index is 438. The number of aromatic nitrogens is 1. The van der Waals surface area contributed by atoms with Gasteiger partial charge in [0.2, 0.25) is 5.88 Å². The molecule has 0 aromatic carbocycles. The van der Waals surface area contributed by atoms with Crippen LogP contribution in [0, 0.1) is 0 Å². The Kier molecular flexibility index (Phi) is 7.40. The van der Waals surface area contributed by atoms with Gasteiger partial charge in [0.05, 0.1) is 13.7 Å². The van der Waals surface area contributed by atoms with Gasteiger partial charge in [0.25, 0.3) is 0 Å². The summed E-state index contributed by atoms with van der Waals surface area (Å²) in [5.74, 6) is 0.271. The van der Waals surface area contributed by atoms with Crippen molar-refractivity contribution >= 4 is 11.5 Å². The van der Waals surface area contributed by atoms with Crippen molar-refractivity contribution in [2.75, 3.05) is 13.7 Å². The predicted octanol–water partition coefficient (Wildman–Crippen LogP) is 3.62. The molecule has 0 fully saturated rings. The summed E-state index contributed by atoms with van der Waals surface area (Å²) in [4.78, 5) is 15.8. The molecule has 0 radical (unpaired) electrons. The summed E-state index contributed by atoms with van der Waals surface area (Å²) in [5.41, 5.74) is 1.90. The van der Waals surface area contributed by atoms with Gasteiger partial charge >= 0.3 is 5.97 Å². The molecule has 0 spiro atoms.